The maximum atomic E-state index is 12.9. The number of hydrogen-bond donors (Lipinski definition) is 2. The maximum Gasteiger partial charge on any atom is 0.273 e. The minimum Gasteiger partial charge on any atom is -0.338 e. The van der Waals surface area contributed by atoms with Crippen molar-refractivity contribution in [1.82, 2.24) is 14.5 Å². The second kappa shape index (κ2) is 6.98. The summed E-state index contributed by atoms with van der Waals surface area (Å²) in [6.07, 6.45) is 0. The molecular formula is C21H17ClN4O2. The lowest BCUT2D eigenvalue weighted by molar-refractivity contribution is 0.102. The number of hydrogen-bond acceptors (Lipinski definition) is 3. The zero-order valence-electron chi connectivity index (χ0n) is 15.3. The zero-order valence-corrected chi connectivity index (χ0v) is 16.0. The average Bonchev–Trinajstić information content (AvgIpc) is 2.92. The van der Waals surface area contributed by atoms with Gasteiger partial charge in [-0.3, -0.25) is 9.59 Å². The molecule has 140 valence electrons. The first kappa shape index (κ1) is 18.0. The Morgan fingerprint density at radius 1 is 1.14 bits per heavy atom. The van der Waals surface area contributed by atoms with Crippen LogP contribution < -0.4 is 10.9 Å². The molecule has 0 atom stereocenters. The van der Waals surface area contributed by atoms with Gasteiger partial charge in [-0.05, 0) is 25.1 Å². The minimum atomic E-state index is -0.313. The third kappa shape index (κ3) is 3.18. The van der Waals surface area contributed by atoms with Crippen molar-refractivity contribution >= 4 is 34.1 Å². The van der Waals surface area contributed by atoms with Gasteiger partial charge in [-0.15, -0.1) is 0 Å². The molecule has 1 amide bonds. The highest BCUT2D eigenvalue weighted by Crippen LogP contribution is 2.30. The van der Waals surface area contributed by atoms with E-state index in [4.69, 9.17) is 11.6 Å². The molecule has 4 rings (SSSR count). The molecule has 0 radical (unpaired) electrons. The smallest absolute Gasteiger partial charge is 0.273 e. The molecule has 0 saturated carbocycles. The fourth-order valence-electron chi connectivity index (χ4n) is 3.25. The molecule has 2 aromatic heterocycles. The molecule has 28 heavy (non-hydrogen) atoms. The van der Waals surface area contributed by atoms with E-state index in [0.717, 1.165) is 10.9 Å². The van der Waals surface area contributed by atoms with E-state index < -0.39 is 0 Å². The summed E-state index contributed by atoms with van der Waals surface area (Å²) >= 11 is 6.45. The van der Waals surface area contributed by atoms with Crippen molar-refractivity contribution < 1.29 is 4.79 Å². The summed E-state index contributed by atoms with van der Waals surface area (Å²) in [5.41, 5.74) is 2.94. The summed E-state index contributed by atoms with van der Waals surface area (Å²) in [6.45, 7) is 1.76. The van der Waals surface area contributed by atoms with E-state index in [2.05, 4.69) is 15.3 Å². The average molecular weight is 393 g/mol. The van der Waals surface area contributed by atoms with Crippen molar-refractivity contribution in [1.29, 1.82) is 0 Å². The van der Waals surface area contributed by atoms with Crippen molar-refractivity contribution in [3.8, 4) is 11.4 Å². The lowest BCUT2D eigenvalue weighted by Gasteiger charge is -2.09. The largest absolute Gasteiger partial charge is 0.338 e. The maximum absolute atomic E-state index is 12.9. The number of aromatic nitrogens is 3. The number of carbonyl (C=O) groups is 1. The van der Waals surface area contributed by atoms with Crippen molar-refractivity contribution in [2.75, 3.05) is 5.32 Å². The van der Waals surface area contributed by atoms with Crippen LogP contribution in [0.15, 0.2) is 59.4 Å². The van der Waals surface area contributed by atoms with E-state index in [9.17, 15) is 9.59 Å². The first-order valence-corrected chi connectivity index (χ1v) is 9.04. The van der Waals surface area contributed by atoms with E-state index in [0.29, 0.717) is 33.5 Å². The van der Waals surface area contributed by atoms with Gasteiger partial charge in [-0.2, -0.15) is 0 Å². The van der Waals surface area contributed by atoms with Gasteiger partial charge in [-0.1, -0.05) is 41.9 Å². The van der Waals surface area contributed by atoms with E-state index >= 15 is 0 Å². The molecule has 2 N–H and O–H groups in total. The Bertz CT molecular complexity index is 1230. The minimum absolute atomic E-state index is 0.223. The molecule has 0 bridgehead atoms. The second-order valence-corrected chi connectivity index (χ2v) is 6.89. The number of fused-ring (bicyclic) bond motifs is 1. The number of aromatic amines is 1. The highest BCUT2D eigenvalue weighted by Gasteiger charge is 2.20. The molecule has 0 spiro atoms. The first-order chi connectivity index (χ1) is 13.4. The second-order valence-electron chi connectivity index (χ2n) is 6.51. The SMILES string of the molecule is Cc1cc(=O)[nH]c(-c2cccc(NC(=O)c3c(Cl)c4ccccc4n3C)c2)n1. The van der Waals surface area contributed by atoms with Crippen molar-refractivity contribution in [2.24, 2.45) is 7.05 Å². The van der Waals surface area contributed by atoms with Gasteiger partial charge < -0.3 is 14.9 Å². The monoisotopic (exact) mass is 392 g/mol. The fraction of sp³-hybridized carbons (Fsp3) is 0.0952. The molecule has 2 heterocycles. The molecule has 0 unspecified atom stereocenters. The van der Waals surface area contributed by atoms with Crippen LogP contribution in [-0.2, 0) is 7.05 Å². The van der Waals surface area contributed by atoms with Crippen molar-refractivity contribution in [3.05, 3.63) is 81.4 Å². The van der Waals surface area contributed by atoms with Gasteiger partial charge >= 0.3 is 0 Å². The van der Waals surface area contributed by atoms with Crippen LogP contribution in [0.2, 0.25) is 5.02 Å². The normalized spacial score (nSPS) is 11.0. The summed E-state index contributed by atoms with van der Waals surface area (Å²) in [4.78, 5) is 31.7. The number of halogens is 1. The lowest BCUT2D eigenvalue weighted by atomic mass is 10.2. The number of nitrogens with zero attached hydrogens (tertiary/aromatic N) is 2. The van der Waals surface area contributed by atoms with E-state index in [-0.39, 0.29) is 11.5 Å². The van der Waals surface area contributed by atoms with Gasteiger partial charge in [0.15, 0.2) is 0 Å². The Morgan fingerprint density at radius 2 is 1.93 bits per heavy atom. The molecule has 7 heteroatoms. The van der Waals surface area contributed by atoms with Crippen molar-refractivity contribution in [3.63, 3.8) is 0 Å². The molecular weight excluding hydrogens is 376 g/mol. The van der Waals surface area contributed by atoms with Gasteiger partial charge in [0, 0.05) is 41.0 Å². The molecule has 0 saturated heterocycles. The molecule has 0 aliphatic heterocycles. The van der Waals surface area contributed by atoms with Gasteiger partial charge in [0.1, 0.15) is 11.5 Å². The van der Waals surface area contributed by atoms with Crippen LogP contribution in [0.25, 0.3) is 22.3 Å². The van der Waals surface area contributed by atoms with Gasteiger partial charge in [-0.25, -0.2) is 4.98 Å². The number of carbonyl (C=O) groups excluding carboxylic acids is 1. The van der Waals surface area contributed by atoms with Crippen molar-refractivity contribution in [2.45, 2.75) is 6.92 Å². The topological polar surface area (TPSA) is 79.8 Å². The molecule has 4 aromatic rings. The summed E-state index contributed by atoms with van der Waals surface area (Å²) in [5.74, 6) is 0.135. The summed E-state index contributed by atoms with van der Waals surface area (Å²) < 4.78 is 1.77. The summed E-state index contributed by atoms with van der Waals surface area (Å²) in [7, 11) is 1.81. The van der Waals surface area contributed by atoms with Crippen LogP contribution in [0.1, 0.15) is 16.2 Å². The number of para-hydroxylation sites is 1. The highest BCUT2D eigenvalue weighted by molar-refractivity contribution is 6.39. The number of benzene rings is 2. The van der Waals surface area contributed by atoms with Gasteiger partial charge in [0.05, 0.1) is 5.02 Å². The standard InChI is InChI=1S/C21H17ClN4O2/c1-12-10-17(27)25-20(23-12)13-6-5-7-14(11-13)24-21(28)19-18(22)15-8-3-4-9-16(15)26(19)2/h3-11H,1-2H3,(H,24,28)(H,23,25,27). The third-order valence-electron chi connectivity index (χ3n) is 4.52. The Hall–Kier alpha value is -3.38. The zero-order chi connectivity index (χ0) is 19.8. The number of amides is 1. The fourth-order valence-corrected chi connectivity index (χ4v) is 3.62. The molecule has 0 aliphatic carbocycles. The van der Waals surface area contributed by atoms with Crippen LogP contribution in [0.3, 0.4) is 0 Å². The summed E-state index contributed by atoms with van der Waals surface area (Å²) in [5, 5.41) is 4.12. The van der Waals surface area contributed by atoms with E-state index in [1.54, 1.807) is 36.7 Å². The number of anilines is 1. The van der Waals surface area contributed by atoms with Crippen LogP contribution in [0.4, 0.5) is 5.69 Å². The Morgan fingerprint density at radius 3 is 2.68 bits per heavy atom. The van der Waals surface area contributed by atoms with Crippen LogP contribution in [-0.4, -0.2) is 20.4 Å². The molecule has 0 aliphatic rings. The third-order valence-corrected chi connectivity index (χ3v) is 4.91. The Kier molecular flexibility index (Phi) is 4.49. The van der Waals surface area contributed by atoms with Gasteiger partial charge in [0.25, 0.3) is 11.5 Å². The Balaban J connectivity index is 1.69. The van der Waals surface area contributed by atoms with Crippen LogP contribution in [0.5, 0.6) is 0 Å². The van der Waals surface area contributed by atoms with Crippen LogP contribution >= 0.6 is 11.6 Å². The predicted octanol–water partition coefficient (Wildman–Crippen LogP) is 4.14. The highest BCUT2D eigenvalue weighted by atomic mass is 35.5. The molecule has 0 fully saturated rings. The first-order valence-electron chi connectivity index (χ1n) is 8.66. The van der Waals surface area contributed by atoms with E-state index in [1.165, 1.54) is 6.07 Å². The van der Waals surface area contributed by atoms with Crippen LogP contribution in [0, 0.1) is 6.92 Å². The van der Waals surface area contributed by atoms with Gasteiger partial charge in [0.2, 0.25) is 0 Å². The number of aryl methyl sites for hydroxylation is 2. The number of nitrogens with one attached hydrogen (secondary N) is 2. The predicted molar refractivity (Wildman–Crippen MR) is 111 cm³/mol. The quantitative estimate of drug-likeness (QED) is 0.549. The Labute approximate surface area is 165 Å². The van der Waals surface area contributed by atoms with E-state index in [1.807, 2.05) is 30.3 Å². The number of H-pyrrole nitrogens is 1. The molecule has 2 aromatic carbocycles. The lowest BCUT2D eigenvalue weighted by Crippen LogP contribution is -2.16. The molecule has 6 nitrogen and oxygen atoms in total. The number of rotatable bonds is 3. The summed E-state index contributed by atoms with van der Waals surface area (Å²) in [6, 6.07) is 16.1.